The zero-order chi connectivity index (χ0) is 17.9. The zero-order valence-electron chi connectivity index (χ0n) is 14.6. The first-order valence-electron chi connectivity index (χ1n) is 8.32. The van der Waals surface area contributed by atoms with Crippen LogP contribution in [0.25, 0.3) is 17.2 Å². The monoisotopic (exact) mass is 337 g/mol. The Bertz CT molecular complexity index is 769. The molecule has 2 aromatic carbocycles. The molecule has 0 aliphatic carbocycles. The Morgan fingerprint density at radius 3 is 2.56 bits per heavy atom. The zero-order valence-corrected chi connectivity index (χ0v) is 14.6. The molecule has 0 radical (unpaired) electrons. The summed E-state index contributed by atoms with van der Waals surface area (Å²) in [6.07, 6.45) is 2.42. The highest BCUT2D eigenvalue weighted by molar-refractivity contribution is 5.77. The van der Waals surface area contributed by atoms with E-state index in [0.29, 0.717) is 13.0 Å². The third-order valence-electron chi connectivity index (χ3n) is 4.95. The van der Waals surface area contributed by atoms with Crippen molar-refractivity contribution in [1.29, 1.82) is 0 Å². The van der Waals surface area contributed by atoms with Crippen LogP contribution in [0.4, 0.5) is 0 Å². The molecule has 0 amide bonds. The van der Waals surface area contributed by atoms with E-state index in [9.17, 15) is 4.79 Å². The van der Waals surface area contributed by atoms with Crippen LogP contribution >= 0.6 is 0 Å². The molecule has 1 heterocycles. The van der Waals surface area contributed by atoms with Gasteiger partial charge in [0.25, 0.3) is 0 Å². The van der Waals surface area contributed by atoms with E-state index in [1.807, 2.05) is 18.2 Å². The van der Waals surface area contributed by atoms with Crippen LogP contribution < -0.4 is 5.32 Å². The molecule has 0 saturated carbocycles. The third kappa shape index (κ3) is 3.23. The number of ether oxygens (including phenoxy) is 2. The number of methoxy groups -OCH3 is 2. The Kier molecular flexibility index (Phi) is 5.02. The quantitative estimate of drug-likeness (QED) is 0.850. The largest absolute Gasteiger partial charge is 0.468 e. The van der Waals surface area contributed by atoms with Crippen LogP contribution in [0.1, 0.15) is 17.5 Å². The van der Waals surface area contributed by atoms with E-state index in [1.165, 1.54) is 7.11 Å². The average Bonchev–Trinajstić information content (AvgIpc) is 3.13. The van der Waals surface area contributed by atoms with Crippen LogP contribution in [0, 0.1) is 0 Å². The molecule has 0 aromatic heterocycles. The van der Waals surface area contributed by atoms with Gasteiger partial charge in [0, 0.05) is 20.1 Å². The first-order valence-corrected chi connectivity index (χ1v) is 8.32. The molecule has 130 valence electrons. The first kappa shape index (κ1) is 17.4. The molecule has 25 heavy (non-hydrogen) atoms. The topological polar surface area (TPSA) is 47.6 Å². The second kappa shape index (κ2) is 7.21. The Labute approximate surface area is 148 Å². The van der Waals surface area contributed by atoms with Crippen molar-refractivity contribution in [3.05, 3.63) is 66.2 Å². The summed E-state index contributed by atoms with van der Waals surface area (Å²) in [4.78, 5) is 11.8. The van der Waals surface area contributed by atoms with Gasteiger partial charge in [-0.3, -0.25) is 4.79 Å². The molecule has 4 nitrogen and oxygen atoms in total. The van der Waals surface area contributed by atoms with Crippen LogP contribution in [0.3, 0.4) is 0 Å². The molecule has 0 spiro atoms. The van der Waals surface area contributed by atoms with Gasteiger partial charge in [0.05, 0.1) is 7.11 Å². The van der Waals surface area contributed by atoms with Crippen molar-refractivity contribution < 1.29 is 14.3 Å². The Balaban J connectivity index is 1.89. The third-order valence-corrected chi connectivity index (χ3v) is 4.95. The van der Waals surface area contributed by atoms with E-state index in [2.05, 4.69) is 48.3 Å². The van der Waals surface area contributed by atoms with Gasteiger partial charge in [-0.05, 0) is 22.3 Å². The Morgan fingerprint density at radius 2 is 1.92 bits per heavy atom. The number of benzene rings is 2. The van der Waals surface area contributed by atoms with Crippen LogP contribution in [0.5, 0.6) is 0 Å². The second-order valence-electron chi connectivity index (χ2n) is 6.23. The summed E-state index contributed by atoms with van der Waals surface area (Å²) in [7, 11) is 3.09. The predicted octanol–water partition coefficient (Wildman–Crippen LogP) is 3.37. The number of nitrogens with one attached hydrogen (secondary N) is 1. The number of hydrogen-bond donors (Lipinski definition) is 1. The van der Waals surface area contributed by atoms with E-state index in [-0.39, 0.29) is 12.0 Å². The van der Waals surface area contributed by atoms with E-state index in [1.54, 1.807) is 7.11 Å². The minimum atomic E-state index is -0.519. The van der Waals surface area contributed by atoms with Gasteiger partial charge < -0.3 is 14.8 Å². The van der Waals surface area contributed by atoms with Crippen LogP contribution in [0.2, 0.25) is 0 Å². The number of rotatable bonds is 5. The summed E-state index contributed by atoms with van der Waals surface area (Å²) in [6.45, 7) is 4.46. The lowest BCUT2D eigenvalue weighted by molar-refractivity contribution is -0.143. The molecule has 2 atom stereocenters. The van der Waals surface area contributed by atoms with Gasteiger partial charge in [0.2, 0.25) is 0 Å². The summed E-state index contributed by atoms with van der Waals surface area (Å²) in [6, 6.07) is 16.1. The SMILES string of the molecule is C=Cc1ccccc1-c1ccc(C2(OC)CNC(C(=O)OC)C2)cc1. The van der Waals surface area contributed by atoms with Crippen molar-refractivity contribution in [1.82, 2.24) is 5.32 Å². The molecule has 0 bridgehead atoms. The van der Waals surface area contributed by atoms with Crippen molar-refractivity contribution in [3.63, 3.8) is 0 Å². The molecule has 3 rings (SSSR count). The van der Waals surface area contributed by atoms with E-state index >= 15 is 0 Å². The summed E-state index contributed by atoms with van der Waals surface area (Å²) in [5.74, 6) is -0.254. The maximum absolute atomic E-state index is 11.8. The Hall–Kier alpha value is -2.43. The number of hydrogen-bond acceptors (Lipinski definition) is 4. The summed E-state index contributed by atoms with van der Waals surface area (Å²) >= 11 is 0. The van der Waals surface area contributed by atoms with Crippen molar-refractivity contribution in [2.24, 2.45) is 0 Å². The smallest absolute Gasteiger partial charge is 0.322 e. The van der Waals surface area contributed by atoms with E-state index in [0.717, 1.165) is 22.3 Å². The van der Waals surface area contributed by atoms with Gasteiger partial charge in [-0.1, -0.05) is 61.2 Å². The van der Waals surface area contributed by atoms with Gasteiger partial charge in [-0.2, -0.15) is 0 Å². The number of esters is 1. The standard InChI is InChI=1S/C21H23NO3/c1-4-15-7-5-6-8-18(15)16-9-11-17(12-10-16)21(25-3)13-19(22-14-21)20(23)24-2/h4-12,19,22H,1,13-14H2,2-3H3. The maximum atomic E-state index is 11.8. The lowest BCUT2D eigenvalue weighted by Gasteiger charge is -2.27. The number of carbonyl (C=O) groups excluding carboxylic acids is 1. The molecule has 1 aliphatic heterocycles. The van der Waals surface area contributed by atoms with Crippen molar-refractivity contribution in [2.75, 3.05) is 20.8 Å². The Morgan fingerprint density at radius 1 is 1.20 bits per heavy atom. The van der Waals surface area contributed by atoms with Crippen molar-refractivity contribution >= 4 is 12.0 Å². The molecular weight excluding hydrogens is 314 g/mol. The lowest BCUT2D eigenvalue weighted by Crippen LogP contribution is -2.31. The molecule has 1 N–H and O–H groups in total. The van der Waals surface area contributed by atoms with E-state index < -0.39 is 5.60 Å². The van der Waals surface area contributed by atoms with Crippen molar-refractivity contribution in [3.8, 4) is 11.1 Å². The molecule has 1 saturated heterocycles. The van der Waals surface area contributed by atoms with Gasteiger partial charge >= 0.3 is 5.97 Å². The van der Waals surface area contributed by atoms with Gasteiger partial charge in [0.15, 0.2) is 0 Å². The number of carbonyl (C=O) groups is 1. The molecule has 1 aliphatic rings. The first-order chi connectivity index (χ1) is 12.1. The fraction of sp³-hybridized carbons (Fsp3) is 0.286. The highest BCUT2D eigenvalue weighted by Gasteiger charge is 2.43. The fourth-order valence-corrected chi connectivity index (χ4v) is 3.46. The summed E-state index contributed by atoms with van der Waals surface area (Å²) in [5.41, 5.74) is 3.90. The predicted molar refractivity (Wildman–Crippen MR) is 99.1 cm³/mol. The molecule has 2 unspecified atom stereocenters. The normalized spacial score (nSPS) is 22.6. The van der Waals surface area contributed by atoms with Crippen LogP contribution in [-0.2, 0) is 19.9 Å². The second-order valence-corrected chi connectivity index (χ2v) is 6.23. The average molecular weight is 337 g/mol. The minimum Gasteiger partial charge on any atom is -0.468 e. The highest BCUT2D eigenvalue weighted by Crippen LogP contribution is 2.36. The van der Waals surface area contributed by atoms with Crippen LogP contribution in [-0.4, -0.2) is 32.8 Å². The molecular formula is C21H23NO3. The van der Waals surface area contributed by atoms with Crippen LogP contribution in [0.15, 0.2) is 55.1 Å². The summed E-state index contributed by atoms with van der Waals surface area (Å²) < 4.78 is 10.7. The van der Waals surface area contributed by atoms with Gasteiger partial charge in [-0.25, -0.2) is 0 Å². The minimum absolute atomic E-state index is 0.254. The van der Waals surface area contributed by atoms with Crippen molar-refractivity contribution in [2.45, 2.75) is 18.1 Å². The maximum Gasteiger partial charge on any atom is 0.322 e. The molecule has 1 fully saturated rings. The fourth-order valence-electron chi connectivity index (χ4n) is 3.46. The highest BCUT2D eigenvalue weighted by atomic mass is 16.5. The van der Waals surface area contributed by atoms with E-state index in [4.69, 9.17) is 9.47 Å². The lowest BCUT2D eigenvalue weighted by atomic mass is 9.89. The summed E-state index contributed by atoms with van der Waals surface area (Å²) in [5, 5.41) is 3.20. The van der Waals surface area contributed by atoms with Gasteiger partial charge in [-0.15, -0.1) is 0 Å². The molecule has 2 aromatic rings. The molecule has 4 heteroatoms. The van der Waals surface area contributed by atoms with Gasteiger partial charge in [0.1, 0.15) is 11.6 Å².